The summed E-state index contributed by atoms with van der Waals surface area (Å²) >= 11 is 3.44. The molecule has 10 heteroatoms. The third-order valence-corrected chi connectivity index (χ3v) is 5.87. The summed E-state index contributed by atoms with van der Waals surface area (Å²) in [6.07, 6.45) is 3.83. The zero-order valence-corrected chi connectivity index (χ0v) is 17.2. The fourth-order valence-electron chi connectivity index (χ4n) is 3.71. The summed E-state index contributed by atoms with van der Waals surface area (Å²) in [5, 5.41) is 14.3. The van der Waals surface area contributed by atoms with Crippen LogP contribution in [0.1, 0.15) is 23.9 Å². The summed E-state index contributed by atoms with van der Waals surface area (Å²) in [5.74, 6) is 1.14. The number of para-hydroxylation sites is 1. The Morgan fingerprint density at radius 3 is 2.70 bits per heavy atom. The molecular formula is C20H15BrN8O. The molecule has 1 atom stereocenters. The Kier molecular flexibility index (Phi) is 4.25. The molecule has 0 unspecified atom stereocenters. The van der Waals surface area contributed by atoms with Gasteiger partial charge in [-0.3, -0.25) is 9.36 Å². The molecule has 2 N–H and O–H groups in total. The normalized spacial score (nSPS) is 15.7. The van der Waals surface area contributed by atoms with E-state index < -0.39 is 0 Å². The lowest BCUT2D eigenvalue weighted by molar-refractivity contribution is 0.422. The van der Waals surface area contributed by atoms with Crippen LogP contribution < -0.4 is 16.2 Å². The van der Waals surface area contributed by atoms with Crippen molar-refractivity contribution in [1.82, 2.24) is 24.1 Å². The highest BCUT2D eigenvalue weighted by molar-refractivity contribution is 9.10. The molecule has 0 spiro atoms. The van der Waals surface area contributed by atoms with Crippen molar-refractivity contribution in [2.75, 3.05) is 17.2 Å². The fraction of sp³-hybridized carbons (Fsp3) is 0.150. The van der Waals surface area contributed by atoms with Crippen LogP contribution in [0.25, 0.3) is 11.2 Å². The molecule has 30 heavy (non-hydrogen) atoms. The topological polar surface area (TPSA) is 118 Å². The number of rotatable bonds is 3. The minimum Gasteiger partial charge on any atom is -0.382 e. The molecule has 0 saturated carbocycles. The van der Waals surface area contributed by atoms with Gasteiger partial charge in [-0.25, -0.2) is 14.5 Å². The Hall–Kier alpha value is -3.71. The van der Waals surface area contributed by atoms with E-state index in [1.807, 2.05) is 35.2 Å². The van der Waals surface area contributed by atoms with Crippen LogP contribution in [0.3, 0.4) is 0 Å². The predicted octanol–water partition coefficient (Wildman–Crippen LogP) is 2.44. The van der Waals surface area contributed by atoms with Crippen molar-refractivity contribution in [3.05, 3.63) is 75.1 Å². The number of nitrogens with zero attached hydrogens (tertiary/aromatic N) is 7. The molecule has 1 aliphatic heterocycles. The lowest BCUT2D eigenvalue weighted by atomic mass is 10.0. The minimum atomic E-state index is -0.245. The van der Waals surface area contributed by atoms with Gasteiger partial charge in [0.25, 0.3) is 5.56 Å². The first-order valence-electron chi connectivity index (χ1n) is 9.22. The van der Waals surface area contributed by atoms with Gasteiger partial charge in [-0.05, 0) is 40.5 Å². The van der Waals surface area contributed by atoms with Gasteiger partial charge in [0.2, 0.25) is 0 Å². The van der Waals surface area contributed by atoms with Gasteiger partial charge < -0.3 is 10.6 Å². The van der Waals surface area contributed by atoms with Crippen molar-refractivity contribution in [2.24, 2.45) is 0 Å². The number of nitrogen functional groups attached to an aromatic ring is 1. The second kappa shape index (κ2) is 6.96. The molecule has 4 heterocycles. The van der Waals surface area contributed by atoms with Crippen molar-refractivity contribution < 1.29 is 0 Å². The molecule has 1 aliphatic rings. The molecule has 0 amide bonds. The highest BCUT2D eigenvalue weighted by Gasteiger charge is 2.37. The van der Waals surface area contributed by atoms with Gasteiger partial charge in [0, 0.05) is 12.7 Å². The standard InChI is InChI=1S/C20H15BrN8O/c21-14-6-9-28-16(14)20(30)29(12-4-2-1-3-5-12)19(26-28)15-7-8-27(15)18-13(10-22)17(23)24-11-25-18/h1-6,9,11,15H,7-8H2,(H2,23,24,25)/t15-/m0/s1. The number of aromatic nitrogens is 5. The van der Waals surface area contributed by atoms with E-state index in [1.165, 1.54) is 6.33 Å². The van der Waals surface area contributed by atoms with Gasteiger partial charge in [0.1, 0.15) is 29.3 Å². The zero-order chi connectivity index (χ0) is 20.8. The molecule has 1 saturated heterocycles. The van der Waals surface area contributed by atoms with Gasteiger partial charge >= 0.3 is 0 Å². The first-order valence-corrected chi connectivity index (χ1v) is 10.0. The predicted molar refractivity (Wildman–Crippen MR) is 114 cm³/mol. The van der Waals surface area contributed by atoms with Crippen LogP contribution in [0, 0.1) is 11.3 Å². The average molecular weight is 463 g/mol. The van der Waals surface area contributed by atoms with E-state index in [4.69, 9.17) is 10.8 Å². The second-order valence-electron chi connectivity index (χ2n) is 6.86. The molecule has 3 aromatic heterocycles. The largest absolute Gasteiger partial charge is 0.382 e. The second-order valence-corrected chi connectivity index (χ2v) is 7.71. The number of halogens is 1. The van der Waals surface area contributed by atoms with Gasteiger partial charge in [-0.1, -0.05) is 18.2 Å². The first kappa shape index (κ1) is 18.3. The van der Waals surface area contributed by atoms with Gasteiger partial charge in [-0.15, -0.1) is 0 Å². The Labute approximate surface area is 179 Å². The fourth-order valence-corrected chi connectivity index (χ4v) is 4.18. The number of nitriles is 1. The maximum atomic E-state index is 13.5. The molecule has 1 aromatic carbocycles. The molecule has 9 nitrogen and oxygen atoms in total. The van der Waals surface area contributed by atoms with Crippen molar-refractivity contribution in [3.63, 3.8) is 0 Å². The first-order chi connectivity index (χ1) is 14.6. The quantitative estimate of drug-likeness (QED) is 0.496. The lowest BCUT2D eigenvalue weighted by Gasteiger charge is -2.42. The third kappa shape index (κ3) is 2.67. The third-order valence-electron chi connectivity index (χ3n) is 5.23. The van der Waals surface area contributed by atoms with Crippen LogP contribution in [0.2, 0.25) is 0 Å². The van der Waals surface area contributed by atoms with Crippen molar-refractivity contribution in [3.8, 4) is 11.8 Å². The monoisotopic (exact) mass is 462 g/mol. The summed E-state index contributed by atoms with van der Waals surface area (Å²) in [6.45, 7) is 0.661. The number of fused-ring (bicyclic) bond motifs is 1. The van der Waals surface area contributed by atoms with Crippen LogP contribution in [-0.2, 0) is 0 Å². The van der Waals surface area contributed by atoms with Crippen molar-refractivity contribution in [2.45, 2.75) is 12.5 Å². The van der Waals surface area contributed by atoms with Crippen molar-refractivity contribution >= 4 is 33.1 Å². The van der Waals surface area contributed by atoms with Crippen LogP contribution in [0.5, 0.6) is 0 Å². The molecule has 148 valence electrons. The Morgan fingerprint density at radius 2 is 2.00 bits per heavy atom. The van der Waals surface area contributed by atoms with E-state index in [0.717, 1.165) is 12.1 Å². The molecular weight excluding hydrogens is 448 g/mol. The molecule has 5 rings (SSSR count). The maximum absolute atomic E-state index is 13.5. The molecule has 0 aliphatic carbocycles. The van der Waals surface area contributed by atoms with Gasteiger partial charge in [-0.2, -0.15) is 10.4 Å². The number of nitrogens with two attached hydrogens (primary N) is 1. The summed E-state index contributed by atoms with van der Waals surface area (Å²) in [4.78, 5) is 23.6. The highest BCUT2D eigenvalue weighted by atomic mass is 79.9. The average Bonchev–Trinajstić information content (AvgIpc) is 3.09. The van der Waals surface area contributed by atoms with E-state index in [1.54, 1.807) is 21.3 Å². The van der Waals surface area contributed by atoms with E-state index >= 15 is 0 Å². The number of benzene rings is 1. The Balaban J connectivity index is 1.73. The van der Waals surface area contributed by atoms with E-state index in [9.17, 15) is 10.1 Å². The summed E-state index contributed by atoms with van der Waals surface area (Å²) in [7, 11) is 0. The van der Waals surface area contributed by atoms with Crippen LogP contribution in [0.4, 0.5) is 11.6 Å². The van der Waals surface area contributed by atoms with Crippen molar-refractivity contribution in [1.29, 1.82) is 5.26 Å². The molecule has 0 bridgehead atoms. The lowest BCUT2D eigenvalue weighted by Crippen LogP contribution is -2.45. The molecule has 0 radical (unpaired) electrons. The summed E-state index contributed by atoms with van der Waals surface area (Å²) in [6, 6.07) is 13.0. The Morgan fingerprint density at radius 1 is 1.20 bits per heavy atom. The SMILES string of the molecule is N#Cc1c(N)ncnc1N1CC[C@H]1c1nn2ccc(Br)c2c(=O)n1-c1ccccc1. The van der Waals surface area contributed by atoms with Gasteiger partial charge in [0.05, 0.1) is 16.2 Å². The zero-order valence-electron chi connectivity index (χ0n) is 15.6. The number of hydrogen-bond donors (Lipinski definition) is 1. The van der Waals surface area contributed by atoms with Gasteiger partial charge in [0.15, 0.2) is 11.6 Å². The van der Waals surface area contributed by atoms with E-state index in [0.29, 0.717) is 28.2 Å². The van der Waals surface area contributed by atoms with E-state index in [2.05, 4.69) is 32.0 Å². The summed E-state index contributed by atoms with van der Waals surface area (Å²) < 4.78 is 3.88. The minimum absolute atomic E-state index is 0.131. The highest BCUT2D eigenvalue weighted by Crippen LogP contribution is 2.38. The Bertz CT molecular complexity index is 1370. The maximum Gasteiger partial charge on any atom is 0.283 e. The van der Waals surface area contributed by atoms with Crippen LogP contribution in [0.15, 0.2) is 58.2 Å². The smallest absolute Gasteiger partial charge is 0.283 e. The number of hydrogen-bond acceptors (Lipinski definition) is 7. The van der Waals surface area contributed by atoms with Crippen LogP contribution in [-0.4, -0.2) is 30.7 Å². The van der Waals surface area contributed by atoms with E-state index in [-0.39, 0.29) is 23.0 Å². The summed E-state index contributed by atoms with van der Waals surface area (Å²) in [5.41, 5.74) is 7.09. The number of anilines is 2. The molecule has 1 fully saturated rings. The molecule has 4 aromatic rings. The van der Waals surface area contributed by atoms with Crippen LogP contribution >= 0.6 is 15.9 Å².